The Balaban J connectivity index is 1.54. The fraction of sp³-hybridized carbons (Fsp3) is 0.227. The molecule has 0 saturated carbocycles. The van der Waals surface area contributed by atoms with Crippen LogP contribution in [0.5, 0.6) is 0 Å². The van der Waals surface area contributed by atoms with Crippen LogP contribution in [0, 0.1) is 11.3 Å². The molecule has 1 aliphatic heterocycles. The molecule has 3 aromatic rings. The summed E-state index contributed by atoms with van der Waals surface area (Å²) in [6, 6.07) is 19.3. The monoisotopic (exact) mass is 371 g/mol. The molecule has 1 aliphatic rings. The zero-order valence-corrected chi connectivity index (χ0v) is 15.5. The van der Waals surface area contributed by atoms with E-state index in [2.05, 4.69) is 16.1 Å². The first-order valence-corrected chi connectivity index (χ1v) is 9.40. The first kappa shape index (κ1) is 17.8. The molecule has 1 amide bonds. The Morgan fingerprint density at radius 3 is 2.50 bits per heavy atom. The average molecular weight is 371 g/mol. The number of carbonyl (C=O) groups excluding carboxylic acids is 1. The maximum atomic E-state index is 13.2. The van der Waals surface area contributed by atoms with Gasteiger partial charge in [-0.05, 0) is 36.8 Å². The van der Waals surface area contributed by atoms with Crippen LogP contribution in [0.4, 0.5) is 5.69 Å². The summed E-state index contributed by atoms with van der Waals surface area (Å²) in [5, 5.41) is 13.7. The number of amides is 1. The van der Waals surface area contributed by atoms with Crippen molar-refractivity contribution in [3.05, 3.63) is 78.1 Å². The minimum atomic E-state index is 0.0153. The van der Waals surface area contributed by atoms with E-state index in [1.807, 2.05) is 65.7 Å². The summed E-state index contributed by atoms with van der Waals surface area (Å²) < 4.78 is 1.72. The molecule has 0 bridgehead atoms. The Morgan fingerprint density at radius 2 is 1.71 bits per heavy atom. The third-order valence-corrected chi connectivity index (χ3v) is 5.03. The van der Waals surface area contributed by atoms with E-state index in [4.69, 9.17) is 0 Å². The predicted molar refractivity (Wildman–Crippen MR) is 107 cm³/mol. The van der Waals surface area contributed by atoms with Gasteiger partial charge >= 0.3 is 0 Å². The molecule has 0 unspecified atom stereocenters. The number of hydrogen-bond donors (Lipinski definition) is 0. The Labute approximate surface area is 164 Å². The molecule has 140 valence electrons. The number of para-hydroxylation sites is 2. The van der Waals surface area contributed by atoms with Gasteiger partial charge < -0.3 is 9.80 Å². The molecule has 28 heavy (non-hydrogen) atoms. The molecule has 0 spiro atoms. The van der Waals surface area contributed by atoms with Crippen LogP contribution in [-0.2, 0) is 0 Å². The molecule has 2 heterocycles. The molecular weight excluding hydrogens is 350 g/mol. The van der Waals surface area contributed by atoms with Gasteiger partial charge in [0.25, 0.3) is 5.91 Å². The van der Waals surface area contributed by atoms with Crippen LogP contribution in [0.25, 0.3) is 5.69 Å². The highest BCUT2D eigenvalue weighted by molar-refractivity contribution is 5.97. The van der Waals surface area contributed by atoms with Gasteiger partial charge in [0.2, 0.25) is 0 Å². The van der Waals surface area contributed by atoms with E-state index in [9.17, 15) is 10.1 Å². The normalized spacial score (nSPS) is 14.4. The van der Waals surface area contributed by atoms with E-state index < -0.39 is 0 Å². The molecule has 0 aliphatic carbocycles. The van der Waals surface area contributed by atoms with E-state index in [0.717, 1.165) is 24.3 Å². The smallest absolute Gasteiger partial charge is 0.256 e. The van der Waals surface area contributed by atoms with Crippen molar-refractivity contribution in [1.29, 1.82) is 5.26 Å². The van der Waals surface area contributed by atoms with Gasteiger partial charge in [-0.2, -0.15) is 10.4 Å². The van der Waals surface area contributed by atoms with E-state index in [0.29, 0.717) is 30.8 Å². The van der Waals surface area contributed by atoms with Gasteiger partial charge in [0, 0.05) is 38.6 Å². The minimum Gasteiger partial charge on any atom is -0.369 e. The van der Waals surface area contributed by atoms with Crippen LogP contribution in [0.15, 0.2) is 67.0 Å². The second-order valence-electron chi connectivity index (χ2n) is 6.73. The molecule has 0 N–H and O–H groups in total. The lowest BCUT2D eigenvalue weighted by atomic mass is 10.1. The highest BCUT2D eigenvalue weighted by Gasteiger charge is 2.23. The molecule has 0 atom stereocenters. The SMILES string of the molecule is N#Cc1ccccc1N1CCCN(C(=O)c2ccccc2-n2cccn2)CC1. The highest BCUT2D eigenvalue weighted by atomic mass is 16.2. The lowest BCUT2D eigenvalue weighted by Gasteiger charge is -2.25. The van der Waals surface area contributed by atoms with Crippen LogP contribution in [0.1, 0.15) is 22.3 Å². The fourth-order valence-corrected chi connectivity index (χ4v) is 3.64. The van der Waals surface area contributed by atoms with Crippen molar-refractivity contribution in [3.63, 3.8) is 0 Å². The third kappa shape index (κ3) is 3.47. The highest BCUT2D eigenvalue weighted by Crippen LogP contribution is 2.22. The summed E-state index contributed by atoms with van der Waals surface area (Å²) in [4.78, 5) is 17.3. The van der Waals surface area contributed by atoms with Crippen molar-refractivity contribution in [1.82, 2.24) is 14.7 Å². The molecule has 6 heteroatoms. The molecule has 1 aromatic heterocycles. The maximum Gasteiger partial charge on any atom is 0.256 e. The lowest BCUT2D eigenvalue weighted by Crippen LogP contribution is -2.35. The Morgan fingerprint density at radius 1 is 0.929 bits per heavy atom. The standard InChI is InChI=1S/C22H21N5O/c23-17-18-7-1-3-9-20(18)25-12-6-13-26(16-15-25)22(28)19-8-2-4-10-21(19)27-14-5-11-24-27/h1-5,7-11,14H,6,12-13,15-16H2. The Hall–Kier alpha value is -3.59. The van der Waals surface area contributed by atoms with Gasteiger partial charge in [-0.3, -0.25) is 4.79 Å². The van der Waals surface area contributed by atoms with Crippen LogP contribution < -0.4 is 4.90 Å². The predicted octanol–water partition coefficient (Wildman–Crippen LogP) is 3.10. The fourth-order valence-electron chi connectivity index (χ4n) is 3.64. The first-order valence-electron chi connectivity index (χ1n) is 9.40. The van der Waals surface area contributed by atoms with Crippen molar-refractivity contribution < 1.29 is 4.79 Å². The lowest BCUT2D eigenvalue weighted by molar-refractivity contribution is 0.0767. The largest absolute Gasteiger partial charge is 0.369 e. The van der Waals surface area contributed by atoms with E-state index in [1.54, 1.807) is 10.9 Å². The number of hydrogen-bond acceptors (Lipinski definition) is 4. The number of benzene rings is 2. The van der Waals surface area contributed by atoms with Crippen LogP contribution in [0.3, 0.4) is 0 Å². The van der Waals surface area contributed by atoms with Gasteiger partial charge in [0.05, 0.1) is 22.5 Å². The number of anilines is 1. The summed E-state index contributed by atoms with van der Waals surface area (Å²) in [6.07, 6.45) is 4.41. The first-order chi connectivity index (χ1) is 13.8. The minimum absolute atomic E-state index is 0.0153. The topological polar surface area (TPSA) is 65.2 Å². The number of nitriles is 1. The third-order valence-electron chi connectivity index (χ3n) is 5.03. The quantitative estimate of drug-likeness (QED) is 0.710. The van der Waals surface area contributed by atoms with Crippen LogP contribution >= 0.6 is 0 Å². The summed E-state index contributed by atoms with van der Waals surface area (Å²) in [5.74, 6) is 0.0153. The van der Waals surface area contributed by atoms with Gasteiger partial charge in [-0.1, -0.05) is 24.3 Å². The molecule has 1 saturated heterocycles. The van der Waals surface area contributed by atoms with Crippen molar-refractivity contribution >= 4 is 11.6 Å². The Bertz CT molecular complexity index is 1010. The second kappa shape index (κ2) is 7.97. The summed E-state index contributed by atoms with van der Waals surface area (Å²) >= 11 is 0. The summed E-state index contributed by atoms with van der Waals surface area (Å²) in [7, 11) is 0. The van der Waals surface area contributed by atoms with Crippen molar-refractivity contribution in [2.75, 3.05) is 31.1 Å². The summed E-state index contributed by atoms with van der Waals surface area (Å²) in [6.45, 7) is 2.83. The Kier molecular flexibility index (Phi) is 5.07. The van der Waals surface area contributed by atoms with Crippen molar-refractivity contribution in [2.45, 2.75) is 6.42 Å². The molecule has 6 nitrogen and oxygen atoms in total. The van der Waals surface area contributed by atoms with Gasteiger partial charge in [0.1, 0.15) is 6.07 Å². The number of aromatic nitrogens is 2. The van der Waals surface area contributed by atoms with Gasteiger partial charge in [-0.25, -0.2) is 4.68 Å². The van der Waals surface area contributed by atoms with Gasteiger partial charge in [-0.15, -0.1) is 0 Å². The zero-order chi connectivity index (χ0) is 19.3. The number of nitrogens with zero attached hydrogens (tertiary/aromatic N) is 5. The van der Waals surface area contributed by atoms with E-state index in [-0.39, 0.29) is 5.91 Å². The van der Waals surface area contributed by atoms with E-state index in [1.165, 1.54) is 0 Å². The van der Waals surface area contributed by atoms with Crippen LogP contribution in [-0.4, -0.2) is 46.8 Å². The van der Waals surface area contributed by atoms with Gasteiger partial charge in [0.15, 0.2) is 0 Å². The molecule has 0 radical (unpaired) electrons. The number of carbonyl (C=O) groups is 1. The maximum absolute atomic E-state index is 13.2. The molecule has 4 rings (SSSR count). The molecule has 2 aromatic carbocycles. The number of rotatable bonds is 3. The second-order valence-corrected chi connectivity index (χ2v) is 6.73. The van der Waals surface area contributed by atoms with Crippen LogP contribution in [0.2, 0.25) is 0 Å². The summed E-state index contributed by atoms with van der Waals surface area (Å²) in [5.41, 5.74) is 3.05. The van der Waals surface area contributed by atoms with Crippen molar-refractivity contribution in [2.24, 2.45) is 0 Å². The van der Waals surface area contributed by atoms with E-state index >= 15 is 0 Å². The van der Waals surface area contributed by atoms with Crippen molar-refractivity contribution in [3.8, 4) is 11.8 Å². The zero-order valence-electron chi connectivity index (χ0n) is 15.5. The average Bonchev–Trinajstić information content (AvgIpc) is 3.18. The molecular formula is C22H21N5O. The molecule has 1 fully saturated rings.